The van der Waals surface area contributed by atoms with Gasteiger partial charge in [-0.25, -0.2) is 0 Å². The second-order valence-corrected chi connectivity index (χ2v) is 5.61. The molecule has 0 aliphatic heterocycles. The lowest BCUT2D eigenvalue weighted by atomic mass is 10.2. The van der Waals surface area contributed by atoms with Gasteiger partial charge in [0.25, 0.3) is 0 Å². The fourth-order valence-corrected chi connectivity index (χ4v) is 4.53. The van der Waals surface area contributed by atoms with Crippen LogP contribution in [-0.2, 0) is 5.33 Å². The van der Waals surface area contributed by atoms with Gasteiger partial charge in [0.2, 0.25) is 0 Å². The summed E-state index contributed by atoms with van der Waals surface area (Å²) >= 11 is 7.72. The first-order valence-corrected chi connectivity index (χ1v) is 7.09. The SMILES string of the molecule is COc1ccc2sc(CBr)c(I)c2c1. The van der Waals surface area contributed by atoms with Crippen molar-refractivity contribution in [2.45, 2.75) is 5.33 Å². The molecule has 0 aliphatic rings. The van der Waals surface area contributed by atoms with Crippen LogP contribution >= 0.6 is 49.9 Å². The quantitative estimate of drug-likeness (QED) is 0.552. The Labute approximate surface area is 109 Å². The number of thiophene rings is 1. The van der Waals surface area contributed by atoms with Crippen molar-refractivity contribution in [2.75, 3.05) is 7.11 Å². The Morgan fingerprint density at radius 2 is 2.29 bits per heavy atom. The van der Waals surface area contributed by atoms with Gasteiger partial charge in [0.05, 0.1) is 7.11 Å². The zero-order chi connectivity index (χ0) is 10.1. The van der Waals surface area contributed by atoms with E-state index in [-0.39, 0.29) is 0 Å². The number of rotatable bonds is 2. The Bertz CT molecular complexity index is 466. The molecule has 1 nitrogen and oxygen atoms in total. The molecule has 0 aliphatic carbocycles. The monoisotopic (exact) mass is 382 g/mol. The predicted octanol–water partition coefficient (Wildman–Crippen LogP) is 4.41. The van der Waals surface area contributed by atoms with Gasteiger partial charge in [-0.1, -0.05) is 15.9 Å². The Kier molecular flexibility index (Phi) is 3.34. The van der Waals surface area contributed by atoms with Crippen LogP contribution in [0.25, 0.3) is 10.1 Å². The molecule has 0 atom stereocenters. The highest BCUT2D eigenvalue weighted by Gasteiger charge is 2.09. The number of hydrogen-bond acceptors (Lipinski definition) is 2. The molecule has 0 saturated heterocycles. The van der Waals surface area contributed by atoms with E-state index < -0.39 is 0 Å². The number of hydrogen-bond donors (Lipinski definition) is 0. The molecule has 2 aromatic rings. The molecule has 0 saturated carbocycles. The highest BCUT2D eigenvalue weighted by atomic mass is 127. The average molecular weight is 383 g/mol. The van der Waals surface area contributed by atoms with Gasteiger partial charge in [0, 0.05) is 23.9 Å². The smallest absolute Gasteiger partial charge is 0.119 e. The molecule has 0 unspecified atom stereocenters. The van der Waals surface area contributed by atoms with Crippen LogP contribution in [0, 0.1) is 3.57 Å². The molecule has 2 rings (SSSR count). The summed E-state index contributed by atoms with van der Waals surface area (Å²) in [4.78, 5) is 1.38. The van der Waals surface area contributed by atoms with Crippen LogP contribution in [-0.4, -0.2) is 7.11 Å². The number of methoxy groups -OCH3 is 1. The molecular weight excluding hydrogens is 375 g/mol. The fraction of sp³-hybridized carbons (Fsp3) is 0.200. The molecule has 0 spiro atoms. The summed E-state index contributed by atoms with van der Waals surface area (Å²) in [5, 5.41) is 2.22. The lowest BCUT2D eigenvalue weighted by molar-refractivity contribution is 0.415. The fourth-order valence-electron chi connectivity index (χ4n) is 1.31. The Morgan fingerprint density at radius 1 is 1.50 bits per heavy atom. The molecule has 14 heavy (non-hydrogen) atoms. The second kappa shape index (κ2) is 4.37. The zero-order valence-electron chi connectivity index (χ0n) is 7.51. The van der Waals surface area contributed by atoms with E-state index in [2.05, 4.69) is 50.7 Å². The van der Waals surface area contributed by atoms with Crippen LogP contribution in [0.3, 0.4) is 0 Å². The van der Waals surface area contributed by atoms with Gasteiger partial charge in [0.15, 0.2) is 0 Å². The highest BCUT2D eigenvalue weighted by Crippen LogP contribution is 2.35. The van der Waals surface area contributed by atoms with Crippen LogP contribution < -0.4 is 4.74 Å². The van der Waals surface area contributed by atoms with Crippen LogP contribution in [0.5, 0.6) is 5.75 Å². The van der Waals surface area contributed by atoms with Crippen LogP contribution in [0.2, 0.25) is 0 Å². The summed E-state index contributed by atoms with van der Waals surface area (Å²) in [7, 11) is 1.70. The maximum absolute atomic E-state index is 5.21. The van der Waals surface area contributed by atoms with Gasteiger partial charge in [-0.15, -0.1) is 11.3 Å². The Morgan fingerprint density at radius 3 is 2.93 bits per heavy atom. The highest BCUT2D eigenvalue weighted by molar-refractivity contribution is 14.1. The third kappa shape index (κ3) is 1.79. The van der Waals surface area contributed by atoms with Crippen LogP contribution in [0.1, 0.15) is 4.88 Å². The maximum atomic E-state index is 5.21. The van der Waals surface area contributed by atoms with E-state index in [1.165, 1.54) is 18.5 Å². The number of benzene rings is 1. The first kappa shape index (κ1) is 10.7. The van der Waals surface area contributed by atoms with Gasteiger partial charge in [-0.05, 0) is 40.8 Å². The first-order chi connectivity index (χ1) is 6.76. The van der Waals surface area contributed by atoms with Crippen molar-refractivity contribution in [1.82, 2.24) is 0 Å². The van der Waals surface area contributed by atoms with E-state index in [0.29, 0.717) is 0 Å². The number of fused-ring (bicyclic) bond motifs is 1. The normalized spacial score (nSPS) is 10.8. The second-order valence-electron chi connectivity index (χ2n) is 2.83. The van der Waals surface area contributed by atoms with E-state index >= 15 is 0 Å². The van der Waals surface area contributed by atoms with E-state index in [1.807, 2.05) is 17.4 Å². The molecule has 1 heterocycles. The summed E-state index contributed by atoms with van der Waals surface area (Å²) in [6.07, 6.45) is 0. The summed E-state index contributed by atoms with van der Waals surface area (Å²) in [6.45, 7) is 0. The Hall–Kier alpha value is 0.190. The number of halogens is 2. The largest absolute Gasteiger partial charge is 0.497 e. The zero-order valence-corrected chi connectivity index (χ0v) is 12.1. The molecule has 1 aromatic carbocycles. The van der Waals surface area contributed by atoms with E-state index in [1.54, 1.807) is 7.11 Å². The minimum atomic E-state index is 0.924. The third-order valence-electron chi connectivity index (χ3n) is 2.02. The first-order valence-electron chi connectivity index (χ1n) is 4.07. The van der Waals surface area contributed by atoms with Crippen LogP contribution in [0.4, 0.5) is 0 Å². The van der Waals surface area contributed by atoms with Crippen molar-refractivity contribution < 1.29 is 4.74 Å². The van der Waals surface area contributed by atoms with Gasteiger partial charge >= 0.3 is 0 Å². The number of ether oxygens (including phenoxy) is 1. The van der Waals surface area contributed by atoms with Crippen LogP contribution in [0.15, 0.2) is 18.2 Å². The van der Waals surface area contributed by atoms with Crippen molar-refractivity contribution in [3.05, 3.63) is 26.6 Å². The summed E-state index contributed by atoms with van der Waals surface area (Å²) in [5.41, 5.74) is 0. The summed E-state index contributed by atoms with van der Waals surface area (Å²) < 4.78 is 7.87. The Balaban J connectivity index is 2.68. The molecular formula is C10H8BrIOS. The topological polar surface area (TPSA) is 9.23 Å². The molecule has 0 bridgehead atoms. The van der Waals surface area contributed by atoms with E-state index in [4.69, 9.17) is 4.74 Å². The van der Waals surface area contributed by atoms with Crippen molar-refractivity contribution >= 4 is 59.9 Å². The van der Waals surface area contributed by atoms with Gasteiger partial charge in [-0.3, -0.25) is 0 Å². The molecule has 4 heteroatoms. The predicted molar refractivity (Wildman–Crippen MR) is 73.7 cm³/mol. The van der Waals surface area contributed by atoms with Crippen molar-refractivity contribution in [3.8, 4) is 5.75 Å². The van der Waals surface area contributed by atoms with Crippen molar-refractivity contribution in [2.24, 2.45) is 0 Å². The standard InChI is InChI=1S/C10H8BrIOS/c1-13-6-2-3-8-7(4-6)10(12)9(5-11)14-8/h2-4H,5H2,1H3. The van der Waals surface area contributed by atoms with Crippen molar-refractivity contribution in [1.29, 1.82) is 0 Å². The number of alkyl halides is 1. The van der Waals surface area contributed by atoms with E-state index in [9.17, 15) is 0 Å². The maximum Gasteiger partial charge on any atom is 0.119 e. The average Bonchev–Trinajstić information content (AvgIpc) is 2.55. The molecule has 0 amide bonds. The molecule has 0 fully saturated rings. The molecule has 0 radical (unpaired) electrons. The summed E-state index contributed by atoms with van der Waals surface area (Å²) in [6, 6.07) is 6.22. The van der Waals surface area contributed by atoms with Gasteiger partial charge in [-0.2, -0.15) is 0 Å². The molecule has 74 valence electrons. The lowest BCUT2D eigenvalue weighted by Crippen LogP contribution is -1.81. The van der Waals surface area contributed by atoms with Crippen molar-refractivity contribution in [3.63, 3.8) is 0 Å². The minimum Gasteiger partial charge on any atom is -0.497 e. The molecule has 1 aromatic heterocycles. The van der Waals surface area contributed by atoms with E-state index in [0.717, 1.165) is 11.1 Å². The minimum absolute atomic E-state index is 0.924. The lowest BCUT2D eigenvalue weighted by Gasteiger charge is -1.98. The molecule has 0 N–H and O–H groups in total. The summed E-state index contributed by atoms with van der Waals surface area (Å²) in [5.74, 6) is 0.925. The van der Waals surface area contributed by atoms with Gasteiger partial charge in [0.1, 0.15) is 5.75 Å². The third-order valence-corrected chi connectivity index (χ3v) is 5.72. The van der Waals surface area contributed by atoms with Gasteiger partial charge < -0.3 is 4.74 Å².